The van der Waals surface area contributed by atoms with Gasteiger partial charge in [-0.2, -0.15) is 0 Å². The van der Waals surface area contributed by atoms with E-state index in [1.807, 2.05) is 17.6 Å². The molecule has 0 radical (unpaired) electrons. The second-order valence-electron chi connectivity index (χ2n) is 5.79. The van der Waals surface area contributed by atoms with E-state index in [4.69, 9.17) is 11.6 Å². The maximum absolute atomic E-state index is 6.09. The Kier molecular flexibility index (Phi) is 7.80. The van der Waals surface area contributed by atoms with Gasteiger partial charge in [0.2, 0.25) is 0 Å². The molecule has 3 heterocycles. The molecule has 0 aliphatic carbocycles. The molecule has 1 unspecified atom stereocenters. The van der Waals surface area contributed by atoms with Crippen molar-refractivity contribution in [3.63, 3.8) is 0 Å². The van der Waals surface area contributed by atoms with Gasteiger partial charge in [-0.05, 0) is 50.6 Å². The highest BCUT2D eigenvalue weighted by Gasteiger charge is 2.21. The van der Waals surface area contributed by atoms with Crippen molar-refractivity contribution in [2.24, 2.45) is 0 Å². The van der Waals surface area contributed by atoms with E-state index in [0.717, 1.165) is 36.9 Å². The molecule has 1 aliphatic heterocycles. The molecule has 6 heteroatoms. The van der Waals surface area contributed by atoms with Crippen LogP contribution in [-0.4, -0.2) is 29.0 Å². The van der Waals surface area contributed by atoms with Gasteiger partial charge >= 0.3 is 0 Å². The van der Waals surface area contributed by atoms with E-state index in [9.17, 15) is 0 Å². The van der Waals surface area contributed by atoms with Crippen molar-refractivity contribution in [1.82, 2.24) is 15.2 Å². The van der Waals surface area contributed by atoms with Gasteiger partial charge in [0.1, 0.15) is 0 Å². The lowest BCUT2D eigenvalue weighted by Crippen LogP contribution is -2.35. The minimum absolute atomic E-state index is 0. The van der Waals surface area contributed by atoms with E-state index in [-0.39, 0.29) is 12.4 Å². The molecule has 0 amide bonds. The van der Waals surface area contributed by atoms with Crippen LogP contribution >= 0.6 is 35.3 Å². The molecule has 1 saturated heterocycles. The van der Waals surface area contributed by atoms with Crippen LogP contribution in [0.25, 0.3) is 0 Å². The smallest absolute Gasteiger partial charge is 0.0544 e. The molecule has 1 aliphatic rings. The van der Waals surface area contributed by atoms with Crippen LogP contribution in [-0.2, 0) is 13.1 Å². The molecular weight excluding hydrogens is 349 g/mol. The van der Waals surface area contributed by atoms with Gasteiger partial charge in [0.25, 0.3) is 0 Å². The molecule has 126 valence electrons. The number of nitrogens with zero attached hydrogens (tertiary/aromatic N) is 2. The summed E-state index contributed by atoms with van der Waals surface area (Å²) in [6.45, 7) is 4.10. The topological polar surface area (TPSA) is 28.2 Å². The monoisotopic (exact) mass is 371 g/mol. The first kappa shape index (κ1) is 18.7. The zero-order valence-corrected chi connectivity index (χ0v) is 15.5. The summed E-state index contributed by atoms with van der Waals surface area (Å²) in [6, 6.07) is 8.85. The second-order valence-corrected chi connectivity index (χ2v) is 7.22. The van der Waals surface area contributed by atoms with Crippen LogP contribution in [0, 0.1) is 0 Å². The largest absolute Gasteiger partial charge is 0.317 e. The summed E-state index contributed by atoms with van der Waals surface area (Å²) in [5.41, 5.74) is 1.14. The molecule has 3 nitrogen and oxygen atoms in total. The van der Waals surface area contributed by atoms with Crippen LogP contribution in [0.15, 0.2) is 35.8 Å². The van der Waals surface area contributed by atoms with Crippen molar-refractivity contribution >= 4 is 35.3 Å². The van der Waals surface area contributed by atoms with Crippen LogP contribution in [0.4, 0.5) is 0 Å². The summed E-state index contributed by atoms with van der Waals surface area (Å²) < 4.78 is 0. The molecule has 0 bridgehead atoms. The van der Waals surface area contributed by atoms with Crippen LogP contribution in [0.5, 0.6) is 0 Å². The van der Waals surface area contributed by atoms with Gasteiger partial charge in [-0.3, -0.25) is 9.88 Å². The number of aromatic nitrogens is 1. The normalized spacial score (nSPS) is 18.4. The average Bonchev–Trinajstić information content (AvgIpc) is 2.78. The number of hydrogen-bond donors (Lipinski definition) is 1. The molecule has 2 aromatic rings. The van der Waals surface area contributed by atoms with E-state index in [1.54, 1.807) is 11.3 Å². The highest BCUT2D eigenvalue weighted by molar-refractivity contribution is 7.10. The lowest BCUT2D eigenvalue weighted by atomic mass is 10.1. The lowest BCUT2D eigenvalue weighted by molar-refractivity contribution is 0.164. The molecule has 23 heavy (non-hydrogen) atoms. The highest BCUT2D eigenvalue weighted by Crippen LogP contribution is 2.24. The van der Waals surface area contributed by atoms with E-state index < -0.39 is 0 Å². The van der Waals surface area contributed by atoms with Crippen molar-refractivity contribution in [2.75, 3.05) is 13.1 Å². The van der Waals surface area contributed by atoms with Gasteiger partial charge in [-0.25, -0.2) is 0 Å². The SMILES string of the molecule is Cl.Clc1csc(CN(Cc2ccccn2)C2CCCNCC2)c1. The Morgan fingerprint density at radius 3 is 2.91 bits per heavy atom. The summed E-state index contributed by atoms with van der Waals surface area (Å²) in [5, 5.41) is 6.37. The Labute approximate surface area is 153 Å². The van der Waals surface area contributed by atoms with Crippen molar-refractivity contribution in [2.45, 2.75) is 38.4 Å². The fourth-order valence-electron chi connectivity index (χ4n) is 3.02. The fraction of sp³-hybridized carbons (Fsp3) is 0.471. The maximum atomic E-state index is 6.09. The Hall–Kier alpha value is -0.650. The zero-order valence-electron chi connectivity index (χ0n) is 13.1. The summed E-state index contributed by atoms with van der Waals surface area (Å²) in [7, 11) is 0. The van der Waals surface area contributed by atoms with Gasteiger partial charge < -0.3 is 5.32 Å². The van der Waals surface area contributed by atoms with Crippen molar-refractivity contribution in [3.8, 4) is 0 Å². The van der Waals surface area contributed by atoms with Crippen molar-refractivity contribution < 1.29 is 0 Å². The molecule has 1 fully saturated rings. The first-order valence-electron chi connectivity index (χ1n) is 7.89. The van der Waals surface area contributed by atoms with Gasteiger partial charge in [-0.15, -0.1) is 23.7 Å². The van der Waals surface area contributed by atoms with Crippen LogP contribution in [0.1, 0.15) is 29.8 Å². The van der Waals surface area contributed by atoms with E-state index in [1.165, 1.54) is 24.1 Å². The number of nitrogens with one attached hydrogen (secondary N) is 1. The highest BCUT2D eigenvalue weighted by atomic mass is 35.5. The van der Waals surface area contributed by atoms with Gasteiger partial charge in [-0.1, -0.05) is 17.7 Å². The minimum atomic E-state index is 0. The Morgan fingerprint density at radius 1 is 1.26 bits per heavy atom. The predicted octanol–water partition coefficient (Wildman–Crippen LogP) is 4.36. The third-order valence-electron chi connectivity index (χ3n) is 4.13. The van der Waals surface area contributed by atoms with E-state index in [0.29, 0.717) is 6.04 Å². The van der Waals surface area contributed by atoms with Gasteiger partial charge in [0, 0.05) is 35.6 Å². The molecule has 3 rings (SSSR count). The molecule has 2 aromatic heterocycles. The summed E-state index contributed by atoms with van der Waals surface area (Å²) >= 11 is 7.83. The molecule has 1 N–H and O–H groups in total. The first-order chi connectivity index (χ1) is 10.8. The molecule has 0 aromatic carbocycles. The second kappa shape index (κ2) is 9.60. The fourth-order valence-corrected chi connectivity index (χ4v) is 4.11. The summed E-state index contributed by atoms with van der Waals surface area (Å²) in [4.78, 5) is 8.40. The average molecular weight is 372 g/mol. The summed E-state index contributed by atoms with van der Waals surface area (Å²) in [5.74, 6) is 0. The molecule has 0 spiro atoms. The number of thiophene rings is 1. The number of hydrogen-bond acceptors (Lipinski definition) is 4. The molecular formula is C17H23Cl2N3S. The molecule has 1 atom stereocenters. The van der Waals surface area contributed by atoms with Crippen LogP contribution in [0.3, 0.4) is 0 Å². The van der Waals surface area contributed by atoms with E-state index in [2.05, 4.69) is 33.4 Å². The van der Waals surface area contributed by atoms with Crippen LogP contribution < -0.4 is 5.32 Å². The maximum Gasteiger partial charge on any atom is 0.0544 e. The first-order valence-corrected chi connectivity index (χ1v) is 9.14. The van der Waals surface area contributed by atoms with Gasteiger partial charge in [0.15, 0.2) is 0 Å². The van der Waals surface area contributed by atoms with E-state index >= 15 is 0 Å². The Morgan fingerprint density at radius 2 is 2.17 bits per heavy atom. The standard InChI is InChI=1S/C17H22ClN3S.ClH/c18-14-10-17(22-13-14)12-21(11-15-4-1-2-8-20-15)16-5-3-7-19-9-6-16;/h1-2,4,8,10,13,16,19H,3,5-7,9,11-12H2;1H. The predicted molar refractivity (Wildman–Crippen MR) is 101 cm³/mol. The number of pyridine rings is 1. The summed E-state index contributed by atoms with van der Waals surface area (Å²) in [6.07, 6.45) is 5.57. The zero-order chi connectivity index (χ0) is 15.2. The van der Waals surface area contributed by atoms with Crippen molar-refractivity contribution in [3.05, 3.63) is 51.4 Å². The third-order valence-corrected chi connectivity index (χ3v) is 5.40. The number of halogens is 2. The Bertz CT molecular complexity index is 568. The lowest BCUT2D eigenvalue weighted by Gasteiger charge is -2.30. The quantitative estimate of drug-likeness (QED) is 0.845. The Balaban J connectivity index is 0.00000192. The number of rotatable bonds is 5. The van der Waals surface area contributed by atoms with Crippen LogP contribution in [0.2, 0.25) is 5.02 Å². The van der Waals surface area contributed by atoms with Crippen molar-refractivity contribution in [1.29, 1.82) is 0 Å². The minimum Gasteiger partial charge on any atom is -0.317 e. The van der Waals surface area contributed by atoms with Gasteiger partial charge in [0.05, 0.1) is 10.7 Å². The molecule has 0 saturated carbocycles. The third kappa shape index (κ3) is 5.73.